The summed E-state index contributed by atoms with van der Waals surface area (Å²) in [5, 5.41) is 0. The number of hydrogen-bond donors (Lipinski definition) is 0. The number of piperidine rings is 1. The molecule has 1 aromatic carbocycles. The highest BCUT2D eigenvalue weighted by atomic mass is 16.6. The molecule has 3 aliphatic rings. The minimum atomic E-state index is -0.462. The molecule has 0 spiro atoms. The fraction of sp³-hybridized carbons (Fsp3) is 0.467. The second-order valence-corrected chi connectivity index (χ2v) is 11.1. The number of rotatable bonds is 3. The van der Waals surface area contributed by atoms with Crippen molar-refractivity contribution in [2.75, 3.05) is 13.1 Å². The van der Waals surface area contributed by atoms with Crippen molar-refractivity contribution in [2.45, 2.75) is 71.4 Å². The lowest BCUT2D eigenvalue weighted by Crippen LogP contribution is -2.42. The number of amides is 1. The fourth-order valence-electron chi connectivity index (χ4n) is 5.83. The van der Waals surface area contributed by atoms with E-state index in [0.29, 0.717) is 11.8 Å². The van der Waals surface area contributed by atoms with Gasteiger partial charge >= 0.3 is 6.09 Å². The molecule has 5 rings (SSSR count). The van der Waals surface area contributed by atoms with E-state index in [0.717, 1.165) is 51.1 Å². The van der Waals surface area contributed by atoms with Crippen LogP contribution in [0.1, 0.15) is 69.3 Å². The van der Waals surface area contributed by atoms with Gasteiger partial charge in [-0.1, -0.05) is 36.4 Å². The third kappa shape index (κ3) is 5.00. The summed E-state index contributed by atoms with van der Waals surface area (Å²) >= 11 is 0. The molecule has 2 heterocycles. The first-order chi connectivity index (χ1) is 16.8. The van der Waals surface area contributed by atoms with Crippen LogP contribution in [0.15, 0.2) is 65.5 Å². The zero-order valence-corrected chi connectivity index (χ0v) is 21.5. The number of imidazole rings is 1. The lowest BCUT2D eigenvalue weighted by Gasteiger charge is -2.38. The lowest BCUT2D eigenvalue weighted by atomic mass is 9.72. The number of likely N-dealkylation sites (tertiary alicyclic amines) is 1. The van der Waals surface area contributed by atoms with Crippen molar-refractivity contribution in [3.05, 3.63) is 82.5 Å². The van der Waals surface area contributed by atoms with Gasteiger partial charge in [0.2, 0.25) is 0 Å². The Morgan fingerprint density at radius 3 is 2.66 bits per heavy atom. The zero-order valence-electron chi connectivity index (χ0n) is 21.5. The van der Waals surface area contributed by atoms with Gasteiger partial charge in [-0.05, 0) is 93.2 Å². The smallest absolute Gasteiger partial charge is 0.410 e. The molecule has 0 radical (unpaired) electrons. The van der Waals surface area contributed by atoms with Crippen LogP contribution in [0, 0.1) is 12.8 Å². The molecule has 5 heteroatoms. The number of ether oxygens (including phenoxy) is 1. The highest BCUT2D eigenvalue weighted by Crippen LogP contribution is 2.47. The predicted molar refractivity (Wildman–Crippen MR) is 140 cm³/mol. The van der Waals surface area contributed by atoms with Crippen LogP contribution in [0.2, 0.25) is 0 Å². The van der Waals surface area contributed by atoms with Gasteiger partial charge < -0.3 is 14.2 Å². The fourth-order valence-corrected chi connectivity index (χ4v) is 5.83. The third-order valence-corrected chi connectivity index (χ3v) is 7.52. The highest BCUT2D eigenvalue weighted by Gasteiger charge is 2.36. The van der Waals surface area contributed by atoms with Crippen LogP contribution in [0.5, 0.6) is 0 Å². The highest BCUT2D eigenvalue weighted by molar-refractivity contribution is 5.69. The second-order valence-electron chi connectivity index (χ2n) is 11.1. The average molecular weight is 472 g/mol. The van der Waals surface area contributed by atoms with Crippen LogP contribution >= 0.6 is 0 Å². The van der Waals surface area contributed by atoms with E-state index < -0.39 is 5.60 Å². The first-order valence-electron chi connectivity index (χ1n) is 13.0. The van der Waals surface area contributed by atoms with Crippen molar-refractivity contribution in [1.82, 2.24) is 14.5 Å². The van der Waals surface area contributed by atoms with Crippen LogP contribution in [0.25, 0.3) is 6.08 Å². The molecule has 1 aromatic heterocycles. The molecule has 0 N–H and O–H groups in total. The van der Waals surface area contributed by atoms with Crippen LogP contribution in [0.3, 0.4) is 0 Å². The Kier molecular flexibility index (Phi) is 6.43. The van der Waals surface area contributed by atoms with Gasteiger partial charge in [-0.25, -0.2) is 9.78 Å². The molecular weight excluding hydrogens is 434 g/mol. The van der Waals surface area contributed by atoms with Crippen LogP contribution < -0.4 is 0 Å². The average Bonchev–Trinajstić information content (AvgIpc) is 3.17. The van der Waals surface area contributed by atoms with E-state index in [4.69, 9.17) is 4.74 Å². The molecule has 1 atom stereocenters. The Labute approximate surface area is 209 Å². The van der Waals surface area contributed by atoms with Crippen molar-refractivity contribution < 1.29 is 9.53 Å². The van der Waals surface area contributed by atoms with Crippen molar-refractivity contribution in [2.24, 2.45) is 5.92 Å². The van der Waals surface area contributed by atoms with Gasteiger partial charge in [-0.3, -0.25) is 0 Å². The van der Waals surface area contributed by atoms with E-state index in [-0.39, 0.29) is 6.09 Å². The van der Waals surface area contributed by atoms with Gasteiger partial charge in [0, 0.05) is 37.9 Å². The molecule has 1 unspecified atom stereocenters. The maximum Gasteiger partial charge on any atom is 0.410 e. The Morgan fingerprint density at radius 2 is 1.94 bits per heavy atom. The normalized spacial score (nSPS) is 20.7. The first kappa shape index (κ1) is 23.7. The maximum absolute atomic E-state index is 12.7. The van der Waals surface area contributed by atoms with E-state index in [1.807, 2.05) is 31.9 Å². The van der Waals surface area contributed by atoms with Gasteiger partial charge in [0.15, 0.2) is 0 Å². The summed E-state index contributed by atoms with van der Waals surface area (Å²) in [6.45, 7) is 10.2. The first-order valence-corrected chi connectivity index (χ1v) is 13.0. The Hall–Kier alpha value is -3.08. The number of aromatic nitrogens is 2. The minimum absolute atomic E-state index is 0.186. The van der Waals surface area contributed by atoms with Gasteiger partial charge in [0.1, 0.15) is 11.4 Å². The number of benzene rings is 1. The Bertz CT molecular complexity index is 1190. The van der Waals surface area contributed by atoms with Gasteiger partial charge in [0.25, 0.3) is 0 Å². The Balaban J connectivity index is 1.47. The van der Waals surface area contributed by atoms with E-state index >= 15 is 0 Å². The summed E-state index contributed by atoms with van der Waals surface area (Å²) in [5.41, 5.74) is 6.64. The molecule has 35 heavy (non-hydrogen) atoms. The number of nitrogens with zero attached hydrogens (tertiary/aromatic N) is 3. The van der Waals surface area contributed by atoms with Crippen LogP contribution in [-0.2, 0) is 11.3 Å². The molecule has 1 saturated heterocycles. The molecule has 184 valence electrons. The number of carbonyl (C=O) groups excluding carboxylic acids is 1. The standard InChI is InChI=1S/C30H37N3O2/c1-21-31-15-18-33(21)20-24-19-23-9-5-6-11-26(23)28(27-12-8-7-10-25(24)27)22-13-16-32(17-14-22)29(34)35-30(2,3)4/h5-6,8-9,11-12,15,18-19,22,28H,7,10,13-14,16-17,20H2,1-4H3. The summed E-state index contributed by atoms with van der Waals surface area (Å²) in [4.78, 5) is 19.0. The van der Waals surface area contributed by atoms with E-state index in [1.54, 1.807) is 0 Å². The van der Waals surface area contributed by atoms with E-state index in [1.165, 1.54) is 27.8 Å². The molecule has 0 saturated carbocycles. The maximum atomic E-state index is 12.7. The molecule has 1 fully saturated rings. The summed E-state index contributed by atoms with van der Waals surface area (Å²) in [5.74, 6) is 1.88. The minimum Gasteiger partial charge on any atom is -0.444 e. The van der Waals surface area contributed by atoms with Gasteiger partial charge in [-0.2, -0.15) is 0 Å². The molecule has 2 aliphatic carbocycles. The predicted octanol–water partition coefficient (Wildman–Crippen LogP) is 6.67. The van der Waals surface area contributed by atoms with Gasteiger partial charge in [0.05, 0.1) is 0 Å². The zero-order chi connectivity index (χ0) is 24.6. The van der Waals surface area contributed by atoms with Gasteiger partial charge in [-0.15, -0.1) is 0 Å². The summed E-state index contributed by atoms with van der Waals surface area (Å²) in [6.07, 6.45) is 15.1. The quantitative estimate of drug-likeness (QED) is 0.502. The molecular formula is C30H37N3O2. The van der Waals surface area contributed by atoms with Crippen molar-refractivity contribution in [1.29, 1.82) is 0 Å². The molecule has 2 aromatic rings. The van der Waals surface area contributed by atoms with Crippen LogP contribution in [-0.4, -0.2) is 39.2 Å². The number of fused-ring (bicyclic) bond motifs is 1. The largest absolute Gasteiger partial charge is 0.444 e. The van der Waals surface area contributed by atoms with Crippen molar-refractivity contribution in [3.8, 4) is 0 Å². The Morgan fingerprint density at radius 1 is 1.17 bits per heavy atom. The van der Waals surface area contributed by atoms with E-state index in [2.05, 4.69) is 65.2 Å². The molecule has 5 nitrogen and oxygen atoms in total. The molecule has 1 amide bonds. The van der Waals surface area contributed by atoms with E-state index in [9.17, 15) is 4.79 Å². The van der Waals surface area contributed by atoms with Crippen molar-refractivity contribution in [3.63, 3.8) is 0 Å². The number of allylic oxidation sites excluding steroid dienone is 5. The number of carbonyl (C=O) groups is 1. The second kappa shape index (κ2) is 9.52. The summed E-state index contributed by atoms with van der Waals surface area (Å²) in [7, 11) is 0. The number of aryl methyl sites for hydroxylation is 1. The molecule has 1 aliphatic heterocycles. The monoisotopic (exact) mass is 471 g/mol. The molecule has 0 bridgehead atoms. The number of hydrogen-bond acceptors (Lipinski definition) is 3. The topological polar surface area (TPSA) is 47.4 Å². The van der Waals surface area contributed by atoms with Crippen molar-refractivity contribution >= 4 is 12.2 Å². The summed E-state index contributed by atoms with van der Waals surface area (Å²) < 4.78 is 7.89. The third-order valence-electron chi connectivity index (χ3n) is 7.52. The SMILES string of the molecule is Cc1nccn1CC1=Cc2ccccc2C(C2CCN(C(=O)OC(C)(C)C)CC2)C2=C1CCC=C2. The van der Waals surface area contributed by atoms with Crippen LogP contribution in [0.4, 0.5) is 4.79 Å². The lowest BCUT2D eigenvalue weighted by molar-refractivity contribution is 0.0178. The summed E-state index contributed by atoms with van der Waals surface area (Å²) in [6, 6.07) is 8.90.